The molecule has 9 nitrogen and oxygen atoms in total. The van der Waals surface area contributed by atoms with Crippen molar-refractivity contribution in [1.29, 1.82) is 0 Å². The number of anilines is 1. The summed E-state index contributed by atoms with van der Waals surface area (Å²) in [6.07, 6.45) is 4.02. The maximum absolute atomic E-state index is 13.3. The van der Waals surface area contributed by atoms with Gasteiger partial charge in [0.05, 0.1) is 13.2 Å². The molecular weight excluding hydrogens is 372 g/mol. The van der Waals surface area contributed by atoms with E-state index < -0.39 is 0 Å². The van der Waals surface area contributed by atoms with E-state index in [1.54, 1.807) is 7.05 Å². The van der Waals surface area contributed by atoms with Crippen molar-refractivity contribution in [2.45, 2.75) is 52.7 Å². The Bertz CT molecular complexity index is 1010. The molecule has 0 bridgehead atoms. The number of piperidine rings is 1. The summed E-state index contributed by atoms with van der Waals surface area (Å²) >= 11 is 0. The summed E-state index contributed by atoms with van der Waals surface area (Å²) in [5, 5.41) is 0. The fraction of sp³-hybridized carbons (Fsp3) is 0.650. The molecule has 1 aliphatic heterocycles. The van der Waals surface area contributed by atoms with Gasteiger partial charge in [-0.05, 0) is 33.6 Å². The van der Waals surface area contributed by atoms with Crippen LogP contribution in [-0.4, -0.2) is 51.0 Å². The van der Waals surface area contributed by atoms with E-state index in [9.17, 15) is 9.59 Å². The fourth-order valence-electron chi connectivity index (χ4n) is 3.74. The number of rotatable bonds is 7. The van der Waals surface area contributed by atoms with E-state index >= 15 is 0 Å². The predicted molar refractivity (Wildman–Crippen MR) is 115 cm³/mol. The zero-order valence-electron chi connectivity index (χ0n) is 17.8. The van der Waals surface area contributed by atoms with E-state index in [2.05, 4.69) is 11.0 Å². The zero-order chi connectivity index (χ0) is 21.1. The van der Waals surface area contributed by atoms with Crippen LogP contribution in [0.15, 0.2) is 21.2 Å². The first-order chi connectivity index (χ1) is 13.8. The molecule has 2 aromatic rings. The standard InChI is InChI=1S/C20H32N6O3/c1-5-29-12-11-26-18(27)16-17(23(4)20(26)28)22-19(25(16)10-8-14(2)3)24-9-6-7-15(21)13-24/h8,15H,5-7,9-13,21H2,1-4H3. The Kier molecular flexibility index (Phi) is 6.59. The maximum Gasteiger partial charge on any atom is 0.332 e. The van der Waals surface area contributed by atoms with Crippen molar-refractivity contribution < 1.29 is 4.74 Å². The Hall–Kier alpha value is -2.39. The van der Waals surface area contributed by atoms with E-state index in [1.807, 2.05) is 25.3 Å². The van der Waals surface area contributed by atoms with Gasteiger partial charge in [-0.1, -0.05) is 11.6 Å². The quantitative estimate of drug-likeness (QED) is 0.542. The molecule has 3 heterocycles. The van der Waals surface area contributed by atoms with Crippen LogP contribution in [0.3, 0.4) is 0 Å². The Morgan fingerprint density at radius 1 is 1.31 bits per heavy atom. The van der Waals surface area contributed by atoms with Crippen LogP contribution in [0.25, 0.3) is 11.2 Å². The van der Waals surface area contributed by atoms with Crippen molar-refractivity contribution >= 4 is 17.1 Å². The molecule has 160 valence electrons. The number of nitrogens with two attached hydrogens (primary N) is 1. The third-order valence-corrected chi connectivity index (χ3v) is 5.30. The summed E-state index contributed by atoms with van der Waals surface area (Å²) in [6.45, 7) is 9.02. The normalized spacial score (nSPS) is 17.1. The fourth-order valence-corrected chi connectivity index (χ4v) is 3.74. The molecule has 2 N–H and O–H groups in total. The second kappa shape index (κ2) is 8.96. The second-order valence-electron chi connectivity index (χ2n) is 7.82. The molecule has 0 aliphatic carbocycles. The Labute approximate surface area is 170 Å². The van der Waals surface area contributed by atoms with Crippen molar-refractivity contribution in [1.82, 2.24) is 18.7 Å². The SMILES string of the molecule is CCOCCn1c(=O)c2c(nc(N3CCCC(N)C3)n2CC=C(C)C)n(C)c1=O. The van der Waals surface area contributed by atoms with Crippen molar-refractivity contribution in [3.05, 3.63) is 32.5 Å². The summed E-state index contributed by atoms with van der Waals surface area (Å²) < 4.78 is 9.97. The molecule has 9 heteroatoms. The lowest BCUT2D eigenvalue weighted by molar-refractivity contribution is 0.137. The number of aryl methyl sites for hydroxylation is 1. The molecule has 2 aromatic heterocycles. The topological polar surface area (TPSA) is 100 Å². The van der Waals surface area contributed by atoms with Crippen LogP contribution in [0.4, 0.5) is 5.95 Å². The highest BCUT2D eigenvalue weighted by Crippen LogP contribution is 2.23. The summed E-state index contributed by atoms with van der Waals surface area (Å²) in [4.78, 5) is 32.9. The van der Waals surface area contributed by atoms with Gasteiger partial charge in [-0.3, -0.25) is 13.9 Å². The smallest absolute Gasteiger partial charge is 0.332 e. The van der Waals surface area contributed by atoms with Gasteiger partial charge in [-0.15, -0.1) is 0 Å². The highest BCUT2D eigenvalue weighted by molar-refractivity contribution is 5.74. The van der Waals surface area contributed by atoms with Gasteiger partial charge >= 0.3 is 5.69 Å². The third-order valence-electron chi connectivity index (χ3n) is 5.30. The Morgan fingerprint density at radius 3 is 2.72 bits per heavy atom. The van der Waals surface area contributed by atoms with E-state index in [4.69, 9.17) is 15.5 Å². The number of aromatic nitrogens is 4. The van der Waals surface area contributed by atoms with E-state index in [-0.39, 0.29) is 23.8 Å². The van der Waals surface area contributed by atoms with Crippen molar-refractivity contribution in [3.8, 4) is 0 Å². The van der Waals surface area contributed by atoms with Crippen molar-refractivity contribution in [3.63, 3.8) is 0 Å². The van der Waals surface area contributed by atoms with Gasteiger partial charge in [0, 0.05) is 39.3 Å². The molecule has 29 heavy (non-hydrogen) atoms. The zero-order valence-corrected chi connectivity index (χ0v) is 17.8. The molecule has 1 saturated heterocycles. The molecule has 1 unspecified atom stereocenters. The minimum atomic E-state index is -0.379. The number of ether oxygens (including phenoxy) is 1. The molecular formula is C20H32N6O3. The van der Waals surface area contributed by atoms with Gasteiger partial charge in [-0.2, -0.15) is 4.98 Å². The number of allylic oxidation sites excluding steroid dienone is 2. The number of hydrogen-bond donors (Lipinski definition) is 1. The summed E-state index contributed by atoms with van der Waals surface area (Å²) in [6, 6.07) is 0.0761. The van der Waals surface area contributed by atoms with Crippen LogP contribution >= 0.6 is 0 Å². The third kappa shape index (κ3) is 4.30. The van der Waals surface area contributed by atoms with Crippen molar-refractivity contribution in [2.75, 3.05) is 31.2 Å². The van der Waals surface area contributed by atoms with E-state index in [1.165, 1.54) is 9.13 Å². The highest BCUT2D eigenvalue weighted by atomic mass is 16.5. The first-order valence-electron chi connectivity index (χ1n) is 10.3. The molecule has 0 aromatic carbocycles. The van der Waals surface area contributed by atoms with Crippen LogP contribution in [0.2, 0.25) is 0 Å². The number of imidazole rings is 1. The van der Waals surface area contributed by atoms with Gasteiger partial charge in [0.2, 0.25) is 5.95 Å². The average molecular weight is 405 g/mol. The predicted octanol–water partition coefficient (Wildman–Crippen LogP) is 0.827. The lowest BCUT2D eigenvalue weighted by Crippen LogP contribution is -2.44. The second-order valence-corrected chi connectivity index (χ2v) is 7.82. The van der Waals surface area contributed by atoms with E-state index in [0.29, 0.717) is 43.4 Å². The first kappa shape index (κ1) is 21.3. The lowest BCUT2D eigenvalue weighted by Gasteiger charge is -2.31. The Balaban J connectivity index is 2.21. The summed E-state index contributed by atoms with van der Waals surface area (Å²) in [7, 11) is 1.66. The minimum Gasteiger partial charge on any atom is -0.380 e. The molecule has 0 spiro atoms. The van der Waals surface area contributed by atoms with Gasteiger partial charge in [-0.25, -0.2) is 4.79 Å². The molecule has 0 saturated carbocycles. The van der Waals surface area contributed by atoms with Gasteiger partial charge in [0.1, 0.15) is 0 Å². The number of fused-ring (bicyclic) bond motifs is 1. The monoisotopic (exact) mass is 404 g/mol. The van der Waals surface area contributed by atoms with Gasteiger partial charge in [0.25, 0.3) is 5.56 Å². The van der Waals surface area contributed by atoms with Crippen molar-refractivity contribution in [2.24, 2.45) is 12.8 Å². The highest BCUT2D eigenvalue weighted by Gasteiger charge is 2.25. The van der Waals surface area contributed by atoms with Crippen LogP contribution < -0.4 is 21.9 Å². The van der Waals surface area contributed by atoms with Crippen LogP contribution in [0.1, 0.15) is 33.6 Å². The minimum absolute atomic E-state index is 0.0761. The number of hydrogen-bond acceptors (Lipinski definition) is 6. The van der Waals surface area contributed by atoms with Gasteiger partial charge in [0.15, 0.2) is 11.2 Å². The van der Waals surface area contributed by atoms with Crippen LogP contribution in [0, 0.1) is 0 Å². The maximum atomic E-state index is 13.3. The van der Waals surface area contributed by atoms with Crippen LogP contribution in [0.5, 0.6) is 0 Å². The molecule has 3 rings (SSSR count). The first-order valence-corrected chi connectivity index (χ1v) is 10.3. The van der Waals surface area contributed by atoms with E-state index in [0.717, 1.165) is 25.0 Å². The average Bonchev–Trinajstić information content (AvgIpc) is 3.07. The van der Waals surface area contributed by atoms with Crippen LogP contribution in [-0.2, 0) is 24.9 Å². The largest absolute Gasteiger partial charge is 0.380 e. The molecule has 0 radical (unpaired) electrons. The molecule has 0 amide bonds. The number of nitrogens with zero attached hydrogens (tertiary/aromatic N) is 5. The molecule has 1 fully saturated rings. The Morgan fingerprint density at radius 2 is 2.07 bits per heavy atom. The summed E-state index contributed by atoms with van der Waals surface area (Å²) in [5.41, 5.74) is 7.47. The molecule has 1 aliphatic rings. The molecule has 1 atom stereocenters. The lowest BCUT2D eigenvalue weighted by atomic mass is 10.1. The summed E-state index contributed by atoms with van der Waals surface area (Å²) in [5.74, 6) is 0.697. The van der Waals surface area contributed by atoms with Gasteiger partial charge < -0.3 is 19.9 Å².